The predicted molar refractivity (Wildman–Crippen MR) is 81.7 cm³/mol. The number of nitrogens with one attached hydrogen (secondary N) is 1. The average molecular weight is 308 g/mol. The Morgan fingerprint density at radius 3 is 2.94 bits per heavy atom. The number of halogens is 2. The Morgan fingerprint density at radius 1 is 1.29 bits per heavy atom. The third-order valence-electron chi connectivity index (χ3n) is 2.60. The number of hydrogen-bond acceptors (Lipinski definition) is 3. The molecule has 1 aromatic rings. The van der Waals surface area contributed by atoms with Crippen molar-refractivity contribution in [1.82, 2.24) is 5.32 Å². The first-order chi connectivity index (χ1) is 8.27. The van der Waals surface area contributed by atoms with Crippen molar-refractivity contribution in [2.75, 3.05) is 23.8 Å². The highest BCUT2D eigenvalue weighted by atomic mass is 35.5. The second-order valence-corrected chi connectivity index (χ2v) is 7.25. The van der Waals surface area contributed by atoms with Gasteiger partial charge in [0.15, 0.2) is 0 Å². The van der Waals surface area contributed by atoms with Crippen LogP contribution in [0.1, 0.15) is 5.56 Å². The monoisotopic (exact) mass is 307 g/mol. The molecule has 1 aliphatic rings. The van der Waals surface area contributed by atoms with E-state index in [0.717, 1.165) is 23.9 Å². The van der Waals surface area contributed by atoms with Crippen LogP contribution in [0.2, 0.25) is 10.0 Å². The quantitative estimate of drug-likeness (QED) is 0.905. The Morgan fingerprint density at radius 2 is 2.18 bits per heavy atom. The minimum Gasteiger partial charge on any atom is -0.311 e. The first-order valence-electron chi connectivity index (χ1n) is 5.60. The van der Waals surface area contributed by atoms with Crippen LogP contribution in [0.3, 0.4) is 0 Å². The molecule has 5 heteroatoms. The fraction of sp³-hybridized carbons (Fsp3) is 0.500. The number of benzene rings is 1. The minimum absolute atomic E-state index is 0.633. The maximum absolute atomic E-state index is 6.13. The largest absolute Gasteiger partial charge is 0.311 e. The van der Waals surface area contributed by atoms with Gasteiger partial charge < -0.3 is 5.32 Å². The highest BCUT2D eigenvalue weighted by Gasteiger charge is 2.13. The third kappa shape index (κ3) is 4.25. The average Bonchev–Trinajstić information content (AvgIpc) is 2.36. The Hall–Kier alpha value is 0.460. The Bertz CT molecular complexity index is 368. The van der Waals surface area contributed by atoms with Gasteiger partial charge in [-0.2, -0.15) is 23.5 Å². The molecule has 1 atom stereocenters. The molecule has 1 nitrogen and oxygen atoms in total. The predicted octanol–water partition coefficient (Wildman–Crippen LogP) is 3.93. The lowest BCUT2D eigenvalue weighted by atomic mass is 10.2. The van der Waals surface area contributed by atoms with E-state index >= 15 is 0 Å². The van der Waals surface area contributed by atoms with Gasteiger partial charge in [-0.25, -0.2) is 0 Å². The second-order valence-electron chi connectivity index (χ2n) is 3.91. The van der Waals surface area contributed by atoms with Crippen molar-refractivity contribution < 1.29 is 0 Å². The summed E-state index contributed by atoms with van der Waals surface area (Å²) in [6.45, 7) is 1.83. The van der Waals surface area contributed by atoms with E-state index < -0.39 is 0 Å². The first kappa shape index (κ1) is 13.9. The molecule has 1 aromatic carbocycles. The molecule has 0 spiro atoms. The van der Waals surface area contributed by atoms with Crippen LogP contribution in [0.25, 0.3) is 0 Å². The van der Waals surface area contributed by atoms with Gasteiger partial charge in [-0.15, -0.1) is 0 Å². The second kappa shape index (κ2) is 7.15. The van der Waals surface area contributed by atoms with Gasteiger partial charge in [-0.05, 0) is 11.6 Å². The molecular weight excluding hydrogens is 293 g/mol. The van der Waals surface area contributed by atoms with E-state index in [0.29, 0.717) is 10.0 Å². The summed E-state index contributed by atoms with van der Waals surface area (Å²) in [5.41, 5.74) is 1.08. The van der Waals surface area contributed by atoms with Crippen LogP contribution in [0.15, 0.2) is 18.2 Å². The van der Waals surface area contributed by atoms with Crippen LogP contribution in [0.5, 0.6) is 0 Å². The molecule has 1 N–H and O–H groups in total. The molecule has 0 radical (unpaired) electrons. The van der Waals surface area contributed by atoms with Gasteiger partial charge in [-0.1, -0.05) is 35.3 Å². The van der Waals surface area contributed by atoms with Crippen molar-refractivity contribution >= 4 is 46.7 Å². The summed E-state index contributed by atoms with van der Waals surface area (Å²) in [5, 5.41) is 5.50. The van der Waals surface area contributed by atoms with E-state index in [2.05, 4.69) is 17.1 Å². The van der Waals surface area contributed by atoms with Crippen molar-refractivity contribution in [2.45, 2.75) is 11.8 Å². The highest BCUT2D eigenvalue weighted by molar-refractivity contribution is 8.06. The van der Waals surface area contributed by atoms with Crippen LogP contribution in [-0.2, 0) is 6.54 Å². The molecule has 1 saturated heterocycles. The smallest absolute Gasteiger partial charge is 0.0637 e. The summed E-state index contributed by atoms with van der Waals surface area (Å²) in [6, 6.07) is 5.78. The summed E-state index contributed by atoms with van der Waals surface area (Å²) >= 11 is 16.2. The molecule has 1 heterocycles. The van der Waals surface area contributed by atoms with Gasteiger partial charge in [0.25, 0.3) is 0 Å². The maximum Gasteiger partial charge on any atom is 0.0637 e. The molecule has 17 heavy (non-hydrogen) atoms. The lowest BCUT2D eigenvalue weighted by Crippen LogP contribution is -2.28. The van der Waals surface area contributed by atoms with E-state index in [1.165, 1.54) is 17.3 Å². The minimum atomic E-state index is 0.633. The standard InChI is InChI=1S/C12H15Cl2NS2/c13-11-3-1-2-9(12(11)14)6-15-7-10-8-16-4-5-17-10/h1-3,10,15H,4-8H2. The molecule has 2 rings (SSSR count). The topological polar surface area (TPSA) is 12.0 Å². The molecule has 1 unspecified atom stereocenters. The first-order valence-corrected chi connectivity index (χ1v) is 8.56. The molecule has 1 fully saturated rings. The Labute approximate surface area is 121 Å². The van der Waals surface area contributed by atoms with Gasteiger partial charge in [0.2, 0.25) is 0 Å². The van der Waals surface area contributed by atoms with Crippen molar-refractivity contribution in [2.24, 2.45) is 0 Å². The summed E-state index contributed by atoms with van der Waals surface area (Å²) in [5.74, 6) is 3.82. The number of rotatable bonds is 4. The Balaban J connectivity index is 1.79. The highest BCUT2D eigenvalue weighted by Crippen LogP contribution is 2.26. The lowest BCUT2D eigenvalue weighted by molar-refractivity contribution is 0.686. The number of hydrogen-bond donors (Lipinski definition) is 1. The maximum atomic E-state index is 6.13. The Kier molecular flexibility index (Phi) is 5.84. The molecular formula is C12H15Cl2NS2. The van der Waals surface area contributed by atoms with E-state index in [1.54, 1.807) is 0 Å². The van der Waals surface area contributed by atoms with E-state index in [1.807, 2.05) is 30.0 Å². The molecule has 0 aromatic heterocycles. The molecule has 0 bridgehead atoms. The lowest BCUT2D eigenvalue weighted by Gasteiger charge is -2.21. The van der Waals surface area contributed by atoms with Crippen LogP contribution in [0, 0.1) is 0 Å². The van der Waals surface area contributed by atoms with Crippen molar-refractivity contribution in [1.29, 1.82) is 0 Å². The molecule has 94 valence electrons. The summed E-state index contributed by atoms with van der Waals surface area (Å²) in [7, 11) is 0. The summed E-state index contributed by atoms with van der Waals surface area (Å²) in [4.78, 5) is 0. The van der Waals surface area contributed by atoms with E-state index in [4.69, 9.17) is 23.2 Å². The molecule has 0 amide bonds. The fourth-order valence-corrected chi connectivity index (χ4v) is 4.74. The number of thioether (sulfide) groups is 2. The van der Waals surface area contributed by atoms with Gasteiger partial charge in [-0.3, -0.25) is 0 Å². The van der Waals surface area contributed by atoms with Crippen molar-refractivity contribution in [3.8, 4) is 0 Å². The van der Waals surface area contributed by atoms with E-state index in [-0.39, 0.29) is 0 Å². The van der Waals surface area contributed by atoms with Crippen LogP contribution in [0.4, 0.5) is 0 Å². The molecule has 0 aliphatic carbocycles. The van der Waals surface area contributed by atoms with Crippen LogP contribution < -0.4 is 5.32 Å². The van der Waals surface area contributed by atoms with E-state index in [9.17, 15) is 0 Å². The van der Waals surface area contributed by atoms with Crippen molar-refractivity contribution in [3.05, 3.63) is 33.8 Å². The molecule has 1 aliphatic heterocycles. The van der Waals surface area contributed by atoms with Gasteiger partial charge in [0.05, 0.1) is 10.0 Å². The normalized spacial score (nSPS) is 20.5. The van der Waals surface area contributed by atoms with Crippen molar-refractivity contribution in [3.63, 3.8) is 0 Å². The van der Waals surface area contributed by atoms with Crippen LogP contribution in [-0.4, -0.2) is 29.1 Å². The summed E-state index contributed by atoms with van der Waals surface area (Å²) in [6.07, 6.45) is 0. The SMILES string of the molecule is Clc1cccc(CNCC2CSCCS2)c1Cl. The zero-order valence-electron chi connectivity index (χ0n) is 9.42. The molecule has 0 saturated carbocycles. The zero-order chi connectivity index (χ0) is 12.1. The zero-order valence-corrected chi connectivity index (χ0v) is 12.6. The fourth-order valence-electron chi connectivity index (χ4n) is 1.71. The van der Waals surface area contributed by atoms with Gasteiger partial charge in [0.1, 0.15) is 0 Å². The van der Waals surface area contributed by atoms with Gasteiger partial charge in [0, 0.05) is 35.6 Å². The van der Waals surface area contributed by atoms with Crippen LogP contribution >= 0.6 is 46.7 Å². The van der Waals surface area contributed by atoms with Gasteiger partial charge >= 0.3 is 0 Å². The summed E-state index contributed by atoms with van der Waals surface area (Å²) < 4.78 is 0. The third-order valence-corrected chi connectivity index (χ3v) is 6.31.